The number of hydrogen-bond acceptors (Lipinski definition) is 3. The molecular weight excluding hydrogens is 248 g/mol. The van der Waals surface area contributed by atoms with E-state index in [1.54, 1.807) is 12.1 Å². The van der Waals surface area contributed by atoms with E-state index in [0.29, 0.717) is 11.5 Å². The van der Waals surface area contributed by atoms with Crippen molar-refractivity contribution in [3.8, 4) is 0 Å². The third-order valence-corrected chi connectivity index (χ3v) is 3.49. The molecule has 0 aliphatic carbocycles. The number of benzene rings is 1. The Labute approximate surface area is 110 Å². The molecule has 0 fully saturated rings. The van der Waals surface area contributed by atoms with E-state index in [1.165, 1.54) is 12.8 Å². The zero-order valence-corrected chi connectivity index (χ0v) is 11.8. The second-order valence-corrected chi connectivity index (χ2v) is 6.39. The summed E-state index contributed by atoms with van der Waals surface area (Å²) < 4.78 is 21.9. The monoisotopic (exact) mass is 270 g/mol. The molecule has 0 aromatic heterocycles. The third kappa shape index (κ3) is 6.02. The molecule has 3 N–H and O–H groups in total. The number of primary sulfonamides is 1. The first kappa shape index (κ1) is 15.0. The van der Waals surface area contributed by atoms with Crippen molar-refractivity contribution in [3.63, 3.8) is 0 Å². The van der Waals surface area contributed by atoms with Gasteiger partial charge in [-0.05, 0) is 30.0 Å². The standard InChI is InChI=1S/C13H22N2O2S/c1-3-4-11(2)9-15-13-7-5-12(6-8-13)10-18(14,16)17/h5-8,11,15H,3-4,9-10H2,1-2H3,(H2,14,16,17). The average molecular weight is 270 g/mol. The van der Waals surface area contributed by atoms with Crippen LogP contribution in [0.1, 0.15) is 32.3 Å². The molecule has 0 heterocycles. The molecule has 18 heavy (non-hydrogen) atoms. The first-order valence-electron chi connectivity index (χ1n) is 6.24. The van der Waals surface area contributed by atoms with Crippen LogP contribution in [-0.2, 0) is 15.8 Å². The van der Waals surface area contributed by atoms with Gasteiger partial charge in [-0.3, -0.25) is 0 Å². The van der Waals surface area contributed by atoms with E-state index in [9.17, 15) is 8.42 Å². The number of nitrogens with two attached hydrogens (primary N) is 1. The molecule has 0 saturated heterocycles. The van der Waals surface area contributed by atoms with Crippen molar-refractivity contribution in [2.75, 3.05) is 11.9 Å². The van der Waals surface area contributed by atoms with E-state index in [-0.39, 0.29) is 5.75 Å². The Kier molecular flexibility index (Phi) is 5.62. The number of nitrogens with one attached hydrogen (secondary N) is 1. The average Bonchev–Trinajstić information content (AvgIpc) is 2.26. The number of anilines is 1. The number of hydrogen-bond donors (Lipinski definition) is 2. The van der Waals surface area contributed by atoms with E-state index in [0.717, 1.165) is 12.2 Å². The van der Waals surface area contributed by atoms with Crippen LogP contribution in [0.5, 0.6) is 0 Å². The lowest BCUT2D eigenvalue weighted by atomic mass is 10.1. The van der Waals surface area contributed by atoms with Crippen molar-refractivity contribution in [3.05, 3.63) is 29.8 Å². The van der Waals surface area contributed by atoms with Crippen LogP contribution in [0.3, 0.4) is 0 Å². The van der Waals surface area contributed by atoms with Gasteiger partial charge in [0.25, 0.3) is 0 Å². The summed E-state index contributed by atoms with van der Waals surface area (Å²) in [5, 5.41) is 8.33. The van der Waals surface area contributed by atoms with Gasteiger partial charge in [0.15, 0.2) is 0 Å². The first-order valence-corrected chi connectivity index (χ1v) is 7.95. The molecule has 0 aliphatic heterocycles. The highest BCUT2D eigenvalue weighted by atomic mass is 32.2. The molecule has 1 aromatic rings. The highest BCUT2D eigenvalue weighted by Crippen LogP contribution is 2.13. The van der Waals surface area contributed by atoms with Gasteiger partial charge in [0, 0.05) is 12.2 Å². The summed E-state index contributed by atoms with van der Waals surface area (Å²) in [6.45, 7) is 5.33. The largest absolute Gasteiger partial charge is 0.385 e. The van der Waals surface area contributed by atoms with E-state index < -0.39 is 10.0 Å². The molecule has 0 bridgehead atoms. The maximum Gasteiger partial charge on any atom is 0.213 e. The van der Waals surface area contributed by atoms with Crippen molar-refractivity contribution >= 4 is 15.7 Å². The minimum Gasteiger partial charge on any atom is -0.385 e. The van der Waals surface area contributed by atoms with Crippen molar-refractivity contribution < 1.29 is 8.42 Å². The van der Waals surface area contributed by atoms with E-state index >= 15 is 0 Å². The lowest BCUT2D eigenvalue weighted by molar-refractivity contribution is 0.551. The van der Waals surface area contributed by atoms with Gasteiger partial charge in [0.1, 0.15) is 0 Å². The molecule has 0 radical (unpaired) electrons. The van der Waals surface area contributed by atoms with Crippen LogP contribution in [0, 0.1) is 5.92 Å². The van der Waals surface area contributed by atoms with Crippen LogP contribution >= 0.6 is 0 Å². The lowest BCUT2D eigenvalue weighted by Gasteiger charge is -2.12. The van der Waals surface area contributed by atoms with Crippen LogP contribution in [0.4, 0.5) is 5.69 Å². The van der Waals surface area contributed by atoms with Gasteiger partial charge in [0.05, 0.1) is 5.75 Å². The van der Waals surface area contributed by atoms with E-state index in [2.05, 4.69) is 19.2 Å². The Morgan fingerprint density at radius 3 is 2.39 bits per heavy atom. The second-order valence-electron chi connectivity index (χ2n) is 4.78. The van der Waals surface area contributed by atoms with Gasteiger partial charge >= 0.3 is 0 Å². The molecule has 0 saturated carbocycles. The molecule has 0 spiro atoms. The highest BCUT2D eigenvalue weighted by Gasteiger charge is 2.05. The Bertz CT molecular complexity index is 454. The highest BCUT2D eigenvalue weighted by molar-refractivity contribution is 7.88. The predicted octanol–water partition coefficient (Wildman–Crippen LogP) is 2.32. The Balaban J connectivity index is 2.50. The zero-order chi connectivity index (χ0) is 13.6. The van der Waals surface area contributed by atoms with Crippen LogP contribution in [0.25, 0.3) is 0 Å². The summed E-state index contributed by atoms with van der Waals surface area (Å²) in [6.07, 6.45) is 2.40. The molecule has 1 aromatic carbocycles. The quantitative estimate of drug-likeness (QED) is 0.798. The Morgan fingerprint density at radius 1 is 1.28 bits per heavy atom. The summed E-state index contributed by atoms with van der Waals surface area (Å²) in [5.74, 6) is 0.526. The predicted molar refractivity (Wildman–Crippen MR) is 75.8 cm³/mol. The van der Waals surface area contributed by atoms with E-state index in [1.807, 2.05) is 12.1 Å². The topological polar surface area (TPSA) is 72.2 Å². The van der Waals surface area contributed by atoms with Gasteiger partial charge < -0.3 is 5.32 Å². The van der Waals surface area contributed by atoms with Crippen molar-refractivity contribution in [1.29, 1.82) is 0 Å². The lowest BCUT2D eigenvalue weighted by Crippen LogP contribution is -2.14. The summed E-state index contributed by atoms with van der Waals surface area (Å²) >= 11 is 0. The smallest absolute Gasteiger partial charge is 0.213 e. The minimum absolute atomic E-state index is 0.112. The third-order valence-electron chi connectivity index (χ3n) is 2.76. The molecule has 1 atom stereocenters. The first-order chi connectivity index (χ1) is 8.40. The van der Waals surface area contributed by atoms with Gasteiger partial charge in [-0.25, -0.2) is 13.6 Å². The Hall–Kier alpha value is -1.07. The van der Waals surface area contributed by atoms with Gasteiger partial charge in [-0.15, -0.1) is 0 Å². The maximum atomic E-state index is 10.9. The molecule has 4 nitrogen and oxygen atoms in total. The fourth-order valence-electron chi connectivity index (χ4n) is 1.84. The SMILES string of the molecule is CCCC(C)CNc1ccc(CS(N)(=O)=O)cc1. The summed E-state index contributed by atoms with van der Waals surface area (Å²) in [7, 11) is -3.44. The van der Waals surface area contributed by atoms with Crippen LogP contribution in [-0.4, -0.2) is 15.0 Å². The summed E-state index contributed by atoms with van der Waals surface area (Å²) in [4.78, 5) is 0. The van der Waals surface area contributed by atoms with Crippen molar-refractivity contribution in [2.24, 2.45) is 11.1 Å². The van der Waals surface area contributed by atoms with Gasteiger partial charge in [-0.1, -0.05) is 32.4 Å². The Morgan fingerprint density at radius 2 is 1.89 bits per heavy atom. The van der Waals surface area contributed by atoms with E-state index in [4.69, 9.17) is 5.14 Å². The van der Waals surface area contributed by atoms with Crippen LogP contribution < -0.4 is 10.5 Å². The normalized spacial score (nSPS) is 13.3. The molecule has 5 heteroatoms. The molecule has 0 aliphatic rings. The minimum atomic E-state index is -3.44. The molecule has 102 valence electrons. The van der Waals surface area contributed by atoms with Crippen LogP contribution in [0.15, 0.2) is 24.3 Å². The van der Waals surface area contributed by atoms with Crippen molar-refractivity contribution in [2.45, 2.75) is 32.4 Å². The van der Waals surface area contributed by atoms with Gasteiger partial charge in [0.2, 0.25) is 10.0 Å². The summed E-state index contributed by atoms with van der Waals surface area (Å²) in [6, 6.07) is 7.35. The maximum absolute atomic E-state index is 10.9. The summed E-state index contributed by atoms with van der Waals surface area (Å²) in [5.41, 5.74) is 1.72. The molecule has 1 rings (SSSR count). The van der Waals surface area contributed by atoms with Gasteiger partial charge in [-0.2, -0.15) is 0 Å². The second kappa shape index (κ2) is 6.75. The molecular formula is C13H22N2O2S. The number of sulfonamides is 1. The molecule has 1 unspecified atom stereocenters. The van der Waals surface area contributed by atoms with Crippen molar-refractivity contribution in [1.82, 2.24) is 0 Å². The fraction of sp³-hybridized carbons (Fsp3) is 0.538. The number of rotatable bonds is 7. The molecule has 0 amide bonds. The zero-order valence-electron chi connectivity index (χ0n) is 11.0. The van der Waals surface area contributed by atoms with Crippen LogP contribution in [0.2, 0.25) is 0 Å². The fourth-order valence-corrected chi connectivity index (χ4v) is 2.50.